The fourth-order valence-electron chi connectivity index (χ4n) is 4.99. The Morgan fingerprint density at radius 3 is 2.58 bits per heavy atom. The zero-order chi connectivity index (χ0) is 22.9. The molecule has 3 aliphatic rings. The Balaban J connectivity index is 1.49. The fraction of sp³-hybridized carbons (Fsp3) is 0.654. The molecule has 7 nitrogen and oxygen atoms in total. The molecule has 33 heavy (non-hydrogen) atoms. The second-order valence-corrected chi connectivity index (χ2v) is 8.98. The van der Waals surface area contributed by atoms with E-state index < -0.39 is 6.10 Å². The van der Waals surface area contributed by atoms with Gasteiger partial charge in [-0.3, -0.25) is 0 Å². The molecule has 2 saturated heterocycles. The first-order chi connectivity index (χ1) is 16.2. The summed E-state index contributed by atoms with van der Waals surface area (Å²) < 4.78 is 30.0. The first-order valence-electron chi connectivity index (χ1n) is 12.3. The topological polar surface area (TPSA) is 83.5 Å². The fourth-order valence-corrected chi connectivity index (χ4v) is 4.99. The van der Waals surface area contributed by atoms with Crippen molar-refractivity contribution in [3.8, 4) is 5.75 Å². The van der Waals surface area contributed by atoms with Crippen LogP contribution in [0.25, 0.3) is 0 Å². The number of ether oxygens (including phenoxy) is 5. The van der Waals surface area contributed by atoms with E-state index in [1.807, 2.05) is 36.4 Å². The lowest BCUT2D eigenvalue weighted by Gasteiger charge is -2.32. The molecular formula is C26H36O7. The van der Waals surface area contributed by atoms with Crippen LogP contribution >= 0.6 is 0 Å². The molecule has 1 aromatic carbocycles. The smallest absolute Gasteiger partial charge is 0.199 e. The van der Waals surface area contributed by atoms with Crippen LogP contribution in [0.1, 0.15) is 51.4 Å². The highest BCUT2D eigenvalue weighted by molar-refractivity contribution is 5.50. The van der Waals surface area contributed by atoms with Crippen LogP contribution in [0.3, 0.4) is 0 Å². The van der Waals surface area contributed by atoms with Crippen molar-refractivity contribution in [2.24, 2.45) is 11.8 Å². The normalized spacial score (nSPS) is 32.6. The van der Waals surface area contributed by atoms with E-state index in [1.54, 1.807) is 0 Å². The Morgan fingerprint density at radius 2 is 1.85 bits per heavy atom. The average Bonchev–Trinajstić information content (AvgIpc) is 3.45. The summed E-state index contributed by atoms with van der Waals surface area (Å²) in [7, 11) is 0. The molecule has 0 amide bonds. The van der Waals surface area contributed by atoms with Crippen molar-refractivity contribution >= 4 is 6.29 Å². The lowest BCUT2D eigenvalue weighted by atomic mass is 9.88. The number of aliphatic hydroxyl groups excluding tert-OH is 1. The van der Waals surface area contributed by atoms with Gasteiger partial charge in [-0.15, -0.1) is 0 Å². The molecule has 6 atom stereocenters. The first kappa shape index (κ1) is 24.2. The second kappa shape index (κ2) is 12.5. The van der Waals surface area contributed by atoms with Crippen molar-refractivity contribution in [1.82, 2.24) is 0 Å². The Hall–Kier alpha value is -1.93. The van der Waals surface area contributed by atoms with Gasteiger partial charge >= 0.3 is 0 Å². The van der Waals surface area contributed by atoms with Crippen LogP contribution in [0.2, 0.25) is 0 Å². The average molecular weight is 461 g/mol. The summed E-state index contributed by atoms with van der Waals surface area (Å²) in [6.45, 7) is 1.86. The van der Waals surface area contributed by atoms with Gasteiger partial charge in [0.1, 0.15) is 17.8 Å². The molecule has 2 unspecified atom stereocenters. The Morgan fingerprint density at radius 1 is 1.06 bits per heavy atom. The number of rotatable bonds is 11. The van der Waals surface area contributed by atoms with E-state index in [2.05, 4.69) is 0 Å². The number of carbonyl (C=O) groups excluding carboxylic acids is 1. The molecule has 0 spiro atoms. The number of aliphatic hydroxyl groups is 1. The summed E-state index contributed by atoms with van der Waals surface area (Å²) in [5.41, 5.74) is 0. The van der Waals surface area contributed by atoms with Gasteiger partial charge in [0.05, 0.1) is 25.4 Å². The number of aldehydes is 1. The van der Waals surface area contributed by atoms with E-state index in [1.165, 1.54) is 0 Å². The summed E-state index contributed by atoms with van der Waals surface area (Å²) in [5, 5.41) is 10.8. The van der Waals surface area contributed by atoms with Gasteiger partial charge in [0.25, 0.3) is 0 Å². The molecule has 4 rings (SSSR count). The maximum absolute atomic E-state index is 11.5. The largest absolute Gasteiger partial charge is 0.493 e. The van der Waals surface area contributed by atoms with Crippen LogP contribution < -0.4 is 4.74 Å². The van der Waals surface area contributed by atoms with Crippen molar-refractivity contribution in [2.75, 3.05) is 19.8 Å². The van der Waals surface area contributed by atoms with Gasteiger partial charge in [0.2, 0.25) is 0 Å². The van der Waals surface area contributed by atoms with Gasteiger partial charge in [-0.25, -0.2) is 0 Å². The van der Waals surface area contributed by atoms with Crippen LogP contribution in [-0.2, 0) is 23.7 Å². The standard InChI is InChI=1S/C26H36O7/c27-14-13-20-21(28)18-23(33-24-11-4-5-15-30-24)26(20)22(32-25-12-7-17-31-25)10-6-16-29-19-8-2-1-3-9-19/h1-3,8-10,14,20-21,23-26,28H,4-7,11-13,15-18H2/t20-,21-,23+,24?,25?,26-/m0/s1. The minimum absolute atomic E-state index is 0.239. The zero-order valence-corrected chi connectivity index (χ0v) is 19.2. The van der Waals surface area contributed by atoms with E-state index in [0.717, 1.165) is 49.9 Å². The third-order valence-electron chi connectivity index (χ3n) is 6.62. The van der Waals surface area contributed by atoms with Crippen molar-refractivity contribution in [3.63, 3.8) is 0 Å². The monoisotopic (exact) mass is 460 g/mol. The summed E-state index contributed by atoms with van der Waals surface area (Å²) in [5.74, 6) is 1.04. The van der Waals surface area contributed by atoms with Crippen LogP contribution in [0.5, 0.6) is 5.75 Å². The maximum Gasteiger partial charge on any atom is 0.199 e. The van der Waals surface area contributed by atoms with Crippen LogP contribution in [0, 0.1) is 11.8 Å². The number of benzene rings is 1. The predicted octanol–water partition coefficient (Wildman–Crippen LogP) is 3.99. The molecule has 1 aromatic rings. The number of carbonyl (C=O) groups is 1. The molecule has 1 saturated carbocycles. The summed E-state index contributed by atoms with van der Waals surface area (Å²) in [6.07, 6.45) is 7.45. The second-order valence-electron chi connectivity index (χ2n) is 8.98. The van der Waals surface area contributed by atoms with Gasteiger partial charge in [-0.05, 0) is 43.9 Å². The highest BCUT2D eigenvalue weighted by atomic mass is 16.7. The van der Waals surface area contributed by atoms with Crippen molar-refractivity contribution in [2.45, 2.75) is 76.2 Å². The first-order valence-corrected chi connectivity index (χ1v) is 12.3. The molecule has 7 heteroatoms. The van der Waals surface area contributed by atoms with Crippen molar-refractivity contribution in [3.05, 3.63) is 42.2 Å². The number of hydrogen-bond donors (Lipinski definition) is 1. The molecule has 182 valence electrons. The van der Waals surface area contributed by atoms with Gasteiger partial charge in [0.15, 0.2) is 12.6 Å². The van der Waals surface area contributed by atoms with Crippen LogP contribution in [-0.4, -0.2) is 56.0 Å². The predicted molar refractivity (Wildman–Crippen MR) is 121 cm³/mol. The molecule has 1 aliphatic carbocycles. The third kappa shape index (κ3) is 6.79. The highest BCUT2D eigenvalue weighted by Gasteiger charge is 2.47. The van der Waals surface area contributed by atoms with E-state index in [-0.39, 0.29) is 36.9 Å². The molecule has 0 bridgehead atoms. The quantitative estimate of drug-likeness (QED) is 0.304. The number of para-hydroxylation sites is 1. The van der Waals surface area contributed by atoms with Crippen LogP contribution in [0.15, 0.2) is 42.2 Å². The van der Waals surface area contributed by atoms with Gasteiger partial charge < -0.3 is 33.6 Å². The molecule has 2 aliphatic heterocycles. The minimum atomic E-state index is -0.633. The lowest BCUT2D eigenvalue weighted by Crippen LogP contribution is -2.33. The molecule has 3 fully saturated rings. The molecule has 2 heterocycles. The molecule has 1 N–H and O–H groups in total. The summed E-state index contributed by atoms with van der Waals surface area (Å²) in [4.78, 5) is 11.5. The van der Waals surface area contributed by atoms with Crippen LogP contribution in [0.4, 0.5) is 0 Å². The Kier molecular flexibility index (Phi) is 9.17. The lowest BCUT2D eigenvalue weighted by molar-refractivity contribution is -0.198. The minimum Gasteiger partial charge on any atom is -0.493 e. The van der Waals surface area contributed by atoms with E-state index in [0.29, 0.717) is 32.7 Å². The molecule has 0 aromatic heterocycles. The third-order valence-corrected chi connectivity index (χ3v) is 6.62. The number of hydrogen-bond acceptors (Lipinski definition) is 7. The van der Waals surface area contributed by atoms with Gasteiger partial charge in [-0.1, -0.05) is 18.2 Å². The van der Waals surface area contributed by atoms with Gasteiger partial charge in [0, 0.05) is 44.1 Å². The molecule has 0 radical (unpaired) electrons. The Labute approximate surface area is 196 Å². The summed E-state index contributed by atoms with van der Waals surface area (Å²) in [6, 6.07) is 9.69. The van der Waals surface area contributed by atoms with E-state index in [4.69, 9.17) is 23.7 Å². The maximum atomic E-state index is 11.5. The SMILES string of the molecule is O=CC[C@@H]1[C@@H](C(=CCCOc2ccccc2)OC2CCCO2)[C@H](OC2CCCCO2)C[C@@H]1O. The zero-order valence-electron chi connectivity index (χ0n) is 19.2. The van der Waals surface area contributed by atoms with Gasteiger partial charge in [-0.2, -0.15) is 0 Å². The van der Waals surface area contributed by atoms with E-state index >= 15 is 0 Å². The van der Waals surface area contributed by atoms with Crippen molar-refractivity contribution < 1.29 is 33.6 Å². The van der Waals surface area contributed by atoms with Crippen molar-refractivity contribution in [1.29, 1.82) is 0 Å². The van der Waals surface area contributed by atoms with E-state index in [9.17, 15) is 9.90 Å². The Bertz CT molecular complexity index is 740. The summed E-state index contributed by atoms with van der Waals surface area (Å²) >= 11 is 0. The highest BCUT2D eigenvalue weighted by Crippen LogP contribution is 2.43. The molecular weight excluding hydrogens is 424 g/mol.